The Morgan fingerprint density at radius 1 is 1.17 bits per heavy atom. The summed E-state index contributed by atoms with van der Waals surface area (Å²) in [7, 11) is 0. The van der Waals surface area contributed by atoms with E-state index in [0.717, 1.165) is 30.6 Å². The van der Waals surface area contributed by atoms with Crippen molar-refractivity contribution in [2.75, 3.05) is 19.6 Å². The van der Waals surface area contributed by atoms with E-state index in [1.165, 1.54) is 11.3 Å². The van der Waals surface area contributed by atoms with Gasteiger partial charge in [-0.1, -0.05) is 25.3 Å². The maximum absolute atomic E-state index is 12.4. The summed E-state index contributed by atoms with van der Waals surface area (Å²) in [5, 5.41) is 4.75. The number of thiophene rings is 1. The number of nitrogens with zero attached hydrogens (tertiary/aromatic N) is 2. The van der Waals surface area contributed by atoms with Gasteiger partial charge < -0.3 is 15.1 Å². The number of carbonyl (C=O) groups is 3. The Hall–Kier alpha value is -1.89. The van der Waals surface area contributed by atoms with Crippen LogP contribution in [0.1, 0.15) is 37.0 Å². The molecule has 1 saturated heterocycles. The lowest BCUT2D eigenvalue weighted by molar-refractivity contribution is -0.159. The molecule has 3 amide bonds. The summed E-state index contributed by atoms with van der Waals surface area (Å²) in [4.78, 5) is 40.8. The van der Waals surface area contributed by atoms with Crippen molar-refractivity contribution in [1.82, 2.24) is 15.1 Å². The molecule has 0 spiro atoms. The van der Waals surface area contributed by atoms with Gasteiger partial charge >= 0.3 is 11.8 Å². The largest absolute Gasteiger partial charge is 0.350 e. The molecule has 1 aliphatic carbocycles. The van der Waals surface area contributed by atoms with E-state index in [0.29, 0.717) is 19.6 Å². The van der Waals surface area contributed by atoms with Gasteiger partial charge in [-0.05, 0) is 24.3 Å². The highest BCUT2D eigenvalue weighted by atomic mass is 32.1. The minimum atomic E-state index is -0.543. The van der Waals surface area contributed by atoms with Crippen molar-refractivity contribution in [2.45, 2.75) is 44.7 Å². The summed E-state index contributed by atoms with van der Waals surface area (Å²) in [5.41, 5.74) is 0. The maximum atomic E-state index is 12.4. The number of hydrogen-bond acceptors (Lipinski definition) is 4. The van der Waals surface area contributed by atoms with E-state index >= 15 is 0 Å². The predicted octanol–water partition coefficient (Wildman–Crippen LogP) is 1.37. The number of hydrogen-bond donors (Lipinski definition) is 1. The van der Waals surface area contributed by atoms with Crippen LogP contribution in [0.15, 0.2) is 17.5 Å². The first-order valence-corrected chi connectivity index (χ1v) is 9.42. The van der Waals surface area contributed by atoms with Gasteiger partial charge in [0.2, 0.25) is 5.91 Å². The fraction of sp³-hybridized carbons (Fsp3) is 0.588. The first-order valence-electron chi connectivity index (χ1n) is 8.54. The van der Waals surface area contributed by atoms with Crippen molar-refractivity contribution in [3.8, 4) is 0 Å². The molecular formula is C17H23N3O3S. The second kappa shape index (κ2) is 7.79. The fourth-order valence-electron chi connectivity index (χ4n) is 3.41. The maximum Gasteiger partial charge on any atom is 0.312 e. The number of piperazine rings is 1. The minimum Gasteiger partial charge on any atom is -0.350 e. The zero-order valence-electron chi connectivity index (χ0n) is 13.7. The van der Waals surface area contributed by atoms with E-state index in [1.807, 2.05) is 17.5 Å². The van der Waals surface area contributed by atoms with Gasteiger partial charge in [0.25, 0.3) is 0 Å². The molecule has 1 saturated carbocycles. The first-order chi connectivity index (χ1) is 11.6. The van der Waals surface area contributed by atoms with Crippen LogP contribution in [0.4, 0.5) is 0 Å². The second-order valence-corrected chi connectivity index (χ2v) is 7.41. The van der Waals surface area contributed by atoms with Gasteiger partial charge in [0.15, 0.2) is 0 Å². The first kappa shape index (κ1) is 17.0. The number of rotatable bonds is 5. The summed E-state index contributed by atoms with van der Waals surface area (Å²) in [5.74, 6) is -1.21. The van der Waals surface area contributed by atoms with Crippen LogP contribution in [0.3, 0.4) is 0 Å². The lowest BCUT2D eigenvalue weighted by Gasteiger charge is -2.39. The quantitative estimate of drug-likeness (QED) is 0.816. The molecule has 6 nitrogen and oxygen atoms in total. The van der Waals surface area contributed by atoms with Crippen LogP contribution >= 0.6 is 11.3 Å². The molecule has 2 aliphatic rings. The monoisotopic (exact) mass is 349 g/mol. The smallest absolute Gasteiger partial charge is 0.312 e. The Labute approximate surface area is 145 Å². The third kappa shape index (κ3) is 3.95. The highest BCUT2D eigenvalue weighted by Crippen LogP contribution is 2.24. The molecule has 0 bridgehead atoms. The van der Waals surface area contributed by atoms with Gasteiger partial charge in [-0.25, -0.2) is 0 Å². The van der Waals surface area contributed by atoms with Crippen molar-refractivity contribution in [2.24, 2.45) is 0 Å². The fourth-order valence-corrected chi connectivity index (χ4v) is 4.05. The summed E-state index contributed by atoms with van der Waals surface area (Å²) in [6.07, 6.45) is 5.43. The lowest BCUT2D eigenvalue weighted by Crippen LogP contribution is -2.59. The second-order valence-electron chi connectivity index (χ2n) is 6.37. The van der Waals surface area contributed by atoms with Crippen molar-refractivity contribution in [3.63, 3.8) is 0 Å². The van der Waals surface area contributed by atoms with Crippen LogP contribution in [0.5, 0.6) is 0 Å². The molecule has 3 rings (SSSR count). The van der Waals surface area contributed by atoms with E-state index in [1.54, 1.807) is 16.2 Å². The topological polar surface area (TPSA) is 69.7 Å². The summed E-state index contributed by atoms with van der Waals surface area (Å²) >= 11 is 1.57. The van der Waals surface area contributed by atoms with E-state index in [2.05, 4.69) is 5.32 Å². The molecule has 130 valence electrons. The Morgan fingerprint density at radius 3 is 2.67 bits per heavy atom. The molecule has 24 heavy (non-hydrogen) atoms. The molecular weight excluding hydrogens is 326 g/mol. The molecule has 2 fully saturated rings. The van der Waals surface area contributed by atoms with Gasteiger partial charge in [-0.3, -0.25) is 14.4 Å². The zero-order chi connectivity index (χ0) is 16.9. The molecule has 7 heteroatoms. The average Bonchev–Trinajstić information content (AvgIpc) is 3.12. The normalized spacial score (nSPS) is 19.7. The molecule has 0 atom stereocenters. The van der Waals surface area contributed by atoms with Gasteiger partial charge in [0, 0.05) is 24.0 Å². The Bertz CT molecular complexity index is 596. The van der Waals surface area contributed by atoms with Crippen LogP contribution in [0.2, 0.25) is 0 Å². The Morgan fingerprint density at radius 2 is 1.96 bits per heavy atom. The summed E-state index contributed by atoms with van der Waals surface area (Å²) < 4.78 is 0. The number of carbonyl (C=O) groups excluding carboxylic acids is 3. The van der Waals surface area contributed by atoms with E-state index < -0.39 is 11.8 Å². The molecule has 1 aromatic heterocycles. The average molecular weight is 349 g/mol. The molecule has 0 aromatic carbocycles. The highest BCUT2D eigenvalue weighted by Gasteiger charge is 2.37. The minimum absolute atomic E-state index is 0.0472. The molecule has 0 unspecified atom stereocenters. The van der Waals surface area contributed by atoms with Gasteiger partial charge in [-0.2, -0.15) is 0 Å². The predicted molar refractivity (Wildman–Crippen MR) is 91.3 cm³/mol. The Kier molecular flexibility index (Phi) is 5.50. The third-order valence-electron chi connectivity index (χ3n) is 4.73. The van der Waals surface area contributed by atoms with Crippen molar-refractivity contribution >= 4 is 29.1 Å². The standard InChI is InChI=1S/C17H23N3O3S/c21-15(18-11-14-7-4-10-24-14)12-19-8-9-20(17(23)16(19)22)13-5-2-1-3-6-13/h4,7,10,13H,1-3,5-6,8-9,11-12H2,(H,18,21). The van der Waals surface area contributed by atoms with Gasteiger partial charge in [-0.15, -0.1) is 11.3 Å². The van der Waals surface area contributed by atoms with Crippen molar-refractivity contribution in [1.29, 1.82) is 0 Å². The van der Waals surface area contributed by atoms with Crippen molar-refractivity contribution in [3.05, 3.63) is 22.4 Å². The summed E-state index contributed by atoms with van der Waals surface area (Å²) in [6.45, 7) is 1.38. The molecule has 0 radical (unpaired) electrons. The molecule has 2 heterocycles. The van der Waals surface area contributed by atoms with Crippen LogP contribution in [0, 0.1) is 0 Å². The van der Waals surface area contributed by atoms with E-state index in [9.17, 15) is 14.4 Å². The lowest BCUT2D eigenvalue weighted by atomic mass is 9.93. The number of amides is 3. The zero-order valence-corrected chi connectivity index (χ0v) is 14.5. The van der Waals surface area contributed by atoms with Gasteiger partial charge in [0.05, 0.1) is 6.54 Å². The van der Waals surface area contributed by atoms with E-state index in [-0.39, 0.29) is 18.5 Å². The van der Waals surface area contributed by atoms with Crippen LogP contribution in [-0.2, 0) is 20.9 Å². The van der Waals surface area contributed by atoms with E-state index in [4.69, 9.17) is 0 Å². The number of nitrogens with one attached hydrogen (secondary N) is 1. The van der Waals surface area contributed by atoms with Gasteiger partial charge in [0.1, 0.15) is 6.54 Å². The van der Waals surface area contributed by atoms with Crippen LogP contribution in [-0.4, -0.2) is 53.2 Å². The molecule has 1 N–H and O–H groups in total. The Balaban J connectivity index is 1.50. The SMILES string of the molecule is O=C(CN1CCN(C2CCCCC2)C(=O)C1=O)NCc1cccs1. The molecule has 1 aliphatic heterocycles. The van der Waals surface area contributed by atoms with Crippen LogP contribution < -0.4 is 5.32 Å². The highest BCUT2D eigenvalue weighted by molar-refractivity contribution is 7.09. The molecule has 1 aromatic rings. The van der Waals surface area contributed by atoms with Crippen molar-refractivity contribution < 1.29 is 14.4 Å². The van der Waals surface area contributed by atoms with Crippen LogP contribution in [0.25, 0.3) is 0 Å². The third-order valence-corrected chi connectivity index (χ3v) is 5.61. The summed E-state index contributed by atoms with van der Waals surface area (Å²) in [6, 6.07) is 4.08.